The lowest BCUT2D eigenvalue weighted by atomic mass is 9.99. The Labute approximate surface area is 75.6 Å². The minimum absolute atomic E-state index is 0.741. The molecule has 1 aromatic carbocycles. The molecule has 1 aromatic rings. The fraction of sp³-hybridized carbons (Fsp3) is 0.417. The van der Waals surface area contributed by atoms with Crippen LogP contribution in [-0.2, 0) is 6.42 Å². The predicted octanol–water partition coefficient (Wildman–Crippen LogP) is 3.48. The van der Waals surface area contributed by atoms with Gasteiger partial charge in [0.2, 0.25) is 0 Å². The van der Waals surface area contributed by atoms with E-state index in [0.717, 1.165) is 5.92 Å². The van der Waals surface area contributed by atoms with Crippen molar-refractivity contribution in [1.29, 1.82) is 0 Å². The second-order valence-corrected chi connectivity index (χ2v) is 3.33. The van der Waals surface area contributed by atoms with E-state index >= 15 is 0 Å². The van der Waals surface area contributed by atoms with Crippen LogP contribution < -0.4 is 0 Å². The lowest BCUT2D eigenvalue weighted by Gasteiger charge is -2.06. The summed E-state index contributed by atoms with van der Waals surface area (Å²) < 4.78 is 0. The zero-order chi connectivity index (χ0) is 8.81. The monoisotopic (exact) mass is 161 g/mol. The molecule has 0 aliphatic rings. The minimum atomic E-state index is 0.741. The molecule has 1 unspecified atom stereocenters. The van der Waals surface area contributed by atoms with Gasteiger partial charge in [0.25, 0.3) is 0 Å². The van der Waals surface area contributed by atoms with Crippen molar-refractivity contribution in [3.8, 4) is 0 Å². The lowest BCUT2D eigenvalue weighted by molar-refractivity contribution is 0.607. The summed E-state index contributed by atoms with van der Waals surface area (Å²) in [5, 5.41) is 0. The van der Waals surface area contributed by atoms with E-state index in [2.05, 4.69) is 50.6 Å². The maximum absolute atomic E-state index is 2.27. The molecule has 0 aromatic heterocycles. The van der Waals surface area contributed by atoms with Gasteiger partial charge < -0.3 is 0 Å². The van der Waals surface area contributed by atoms with E-state index in [0.29, 0.717) is 0 Å². The average Bonchev–Trinajstić information content (AvgIpc) is 2.16. The quantitative estimate of drug-likeness (QED) is 0.634. The van der Waals surface area contributed by atoms with Gasteiger partial charge in [-0.3, -0.25) is 0 Å². The van der Waals surface area contributed by atoms with Gasteiger partial charge in [-0.25, -0.2) is 0 Å². The molecule has 0 N–H and O–H groups in total. The van der Waals surface area contributed by atoms with Crippen molar-refractivity contribution >= 4 is 0 Å². The van der Waals surface area contributed by atoms with Gasteiger partial charge in [0, 0.05) is 0 Å². The summed E-state index contributed by atoms with van der Waals surface area (Å²) in [6.45, 7) is 4.40. The van der Waals surface area contributed by atoms with E-state index in [1.54, 1.807) is 0 Å². The molecule has 0 fully saturated rings. The van der Waals surface area contributed by atoms with Crippen LogP contribution in [-0.4, -0.2) is 0 Å². The Hall–Kier alpha value is -0.780. The third-order valence-electron chi connectivity index (χ3n) is 2.30. The van der Waals surface area contributed by atoms with E-state index in [4.69, 9.17) is 0 Å². The summed E-state index contributed by atoms with van der Waals surface area (Å²) in [7, 11) is 0. The van der Waals surface area contributed by atoms with Crippen molar-refractivity contribution in [1.82, 2.24) is 0 Å². The first-order chi connectivity index (χ1) is 5.83. The third-order valence-corrected chi connectivity index (χ3v) is 2.30. The molecule has 0 saturated heterocycles. The Balaban J connectivity index is 2.33. The van der Waals surface area contributed by atoms with E-state index < -0.39 is 0 Å². The Morgan fingerprint density at radius 3 is 2.50 bits per heavy atom. The van der Waals surface area contributed by atoms with Crippen LogP contribution in [0.2, 0.25) is 0 Å². The summed E-state index contributed by atoms with van der Waals surface area (Å²) in [6, 6.07) is 10.7. The first-order valence-corrected chi connectivity index (χ1v) is 4.66. The maximum atomic E-state index is 2.27. The van der Waals surface area contributed by atoms with Gasteiger partial charge in [0.1, 0.15) is 0 Å². The molecule has 0 nitrogen and oxygen atoms in total. The van der Waals surface area contributed by atoms with E-state index in [-0.39, 0.29) is 0 Å². The third kappa shape index (κ3) is 3.08. The van der Waals surface area contributed by atoms with Crippen LogP contribution >= 0.6 is 0 Å². The molecular weight excluding hydrogens is 144 g/mol. The summed E-state index contributed by atoms with van der Waals surface area (Å²) >= 11 is 0. The summed E-state index contributed by atoms with van der Waals surface area (Å²) in [4.78, 5) is 0. The minimum Gasteiger partial charge on any atom is -0.0622 e. The van der Waals surface area contributed by atoms with Gasteiger partial charge >= 0.3 is 0 Å². The summed E-state index contributed by atoms with van der Waals surface area (Å²) in [6.07, 6.45) is 4.73. The average molecular weight is 161 g/mol. The lowest BCUT2D eigenvalue weighted by Crippen LogP contribution is -1.95. The first-order valence-electron chi connectivity index (χ1n) is 4.66. The van der Waals surface area contributed by atoms with Crippen LogP contribution in [0, 0.1) is 12.3 Å². The van der Waals surface area contributed by atoms with Crippen molar-refractivity contribution < 1.29 is 0 Å². The predicted molar refractivity (Wildman–Crippen MR) is 53.9 cm³/mol. The summed E-state index contributed by atoms with van der Waals surface area (Å²) in [5.41, 5.74) is 1.45. The van der Waals surface area contributed by atoms with Crippen LogP contribution in [0.5, 0.6) is 0 Å². The molecule has 0 saturated carbocycles. The van der Waals surface area contributed by atoms with Gasteiger partial charge in [0.05, 0.1) is 0 Å². The Morgan fingerprint density at radius 2 is 1.92 bits per heavy atom. The number of benzene rings is 1. The molecule has 0 spiro atoms. The fourth-order valence-corrected chi connectivity index (χ4v) is 1.21. The normalized spacial score (nSPS) is 12.8. The Kier molecular flexibility index (Phi) is 3.86. The van der Waals surface area contributed by atoms with E-state index in [1.165, 1.54) is 18.4 Å². The fourth-order valence-electron chi connectivity index (χ4n) is 1.21. The van der Waals surface area contributed by atoms with Gasteiger partial charge in [-0.1, -0.05) is 44.2 Å². The highest BCUT2D eigenvalue weighted by molar-refractivity contribution is 5.14. The van der Waals surface area contributed by atoms with Crippen molar-refractivity contribution in [2.45, 2.75) is 26.7 Å². The number of aryl methyl sites for hydroxylation is 1. The molecule has 1 atom stereocenters. The van der Waals surface area contributed by atoms with Gasteiger partial charge in [-0.2, -0.15) is 0 Å². The standard InChI is InChI=1S/C12H17/c1-3-11(2)9-10-12-7-5-4-6-8-12/h3-8,11H,9-10H2,1-2H3. The smallest absolute Gasteiger partial charge is 0.0276 e. The van der Waals surface area contributed by atoms with Crippen LogP contribution in [0.15, 0.2) is 30.3 Å². The largest absolute Gasteiger partial charge is 0.0622 e. The molecule has 0 aliphatic heterocycles. The molecule has 0 aliphatic carbocycles. The zero-order valence-corrected chi connectivity index (χ0v) is 7.96. The highest BCUT2D eigenvalue weighted by atomic mass is 14.0. The van der Waals surface area contributed by atoms with Crippen molar-refractivity contribution in [3.05, 3.63) is 42.3 Å². The number of rotatable bonds is 4. The topological polar surface area (TPSA) is 0 Å². The SMILES string of the molecule is C[CH]C(C)CCc1ccccc1. The highest BCUT2D eigenvalue weighted by Crippen LogP contribution is 2.10. The van der Waals surface area contributed by atoms with Gasteiger partial charge in [0.15, 0.2) is 0 Å². The molecule has 12 heavy (non-hydrogen) atoms. The highest BCUT2D eigenvalue weighted by Gasteiger charge is 1.98. The second kappa shape index (κ2) is 4.97. The molecule has 1 radical (unpaired) electrons. The van der Waals surface area contributed by atoms with Gasteiger partial charge in [-0.05, 0) is 30.7 Å². The Morgan fingerprint density at radius 1 is 1.25 bits per heavy atom. The second-order valence-electron chi connectivity index (χ2n) is 3.33. The van der Waals surface area contributed by atoms with Crippen molar-refractivity contribution in [2.24, 2.45) is 5.92 Å². The molecule has 0 amide bonds. The van der Waals surface area contributed by atoms with Crippen molar-refractivity contribution in [3.63, 3.8) is 0 Å². The van der Waals surface area contributed by atoms with E-state index in [9.17, 15) is 0 Å². The molecule has 65 valence electrons. The van der Waals surface area contributed by atoms with Crippen LogP contribution in [0.3, 0.4) is 0 Å². The van der Waals surface area contributed by atoms with Crippen LogP contribution in [0.1, 0.15) is 25.8 Å². The molecular formula is C12H17. The van der Waals surface area contributed by atoms with Crippen LogP contribution in [0.4, 0.5) is 0 Å². The maximum Gasteiger partial charge on any atom is -0.0276 e. The number of hydrogen-bond acceptors (Lipinski definition) is 0. The zero-order valence-electron chi connectivity index (χ0n) is 7.96. The molecule has 0 heteroatoms. The number of hydrogen-bond donors (Lipinski definition) is 0. The molecule has 0 bridgehead atoms. The first kappa shape index (κ1) is 9.31. The van der Waals surface area contributed by atoms with Crippen LogP contribution in [0.25, 0.3) is 0 Å². The Bertz CT molecular complexity index is 201. The summed E-state index contributed by atoms with van der Waals surface area (Å²) in [5.74, 6) is 0.741. The molecule has 1 rings (SSSR count). The van der Waals surface area contributed by atoms with Gasteiger partial charge in [-0.15, -0.1) is 0 Å². The molecule has 0 heterocycles. The van der Waals surface area contributed by atoms with Crippen molar-refractivity contribution in [2.75, 3.05) is 0 Å². The van der Waals surface area contributed by atoms with E-state index in [1.807, 2.05) is 0 Å².